The largest absolute Gasteiger partial charge is 0.329 e. The van der Waals surface area contributed by atoms with Gasteiger partial charge in [-0.05, 0) is 18.6 Å². The summed E-state index contributed by atoms with van der Waals surface area (Å²) in [5.41, 5.74) is 1.50. The van der Waals surface area contributed by atoms with Crippen molar-refractivity contribution in [1.29, 1.82) is 0 Å². The van der Waals surface area contributed by atoms with Crippen molar-refractivity contribution in [2.45, 2.75) is 18.9 Å². The van der Waals surface area contributed by atoms with E-state index in [2.05, 4.69) is 11.2 Å². The Labute approximate surface area is 120 Å². The van der Waals surface area contributed by atoms with Crippen molar-refractivity contribution in [1.82, 2.24) is 14.5 Å². The number of nitrogens with zero attached hydrogens (tertiary/aromatic N) is 2. The van der Waals surface area contributed by atoms with E-state index in [1.165, 1.54) is 9.13 Å². The van der Waals surface area contributed by atoms with Crippen molar-refractivity contribution in [2.24, 2.45) is 7.05 Å². The van der Waals surface area contributed by atoms with Crippen LogP contribution in [0.1, 0.15) is 24.4 Å². The zero-order chi connectivity index (χ0) is 15.1. The van der Waals surface area contributed by atoms with Gasteiger partial charge >= 0.3 is 5.69 Å². The number of aryl methyl sites for hydroxylation is 1. The molecule has 2 aromatic rings. The summed E-state index contributed by atoms with van der Waals surface area (Å²) in [5.74, 6) is 1.78. The summed E-state index contributed by atoms with van der Waals surface area (Å²) in [7, 11) is 1.62. The zero-order valence-electron chi connectivity index (χ0n) is 11.4. The number of carbonyl (C=O) groups is 2. The van der Waals surface area contributed by atoms with Crippen molar-refractivity contribution >= 4 is 22.8 Å². The topological polar surface area (TPSA) is 73.1 Å². The van der Waals surface area contributed by atoms with Crippen LogP contribution in [0.5, 0.6) is 0 Å². The van der Waals surface area contributed by atoms with Gasteiger partial charge in [-0.3, -0.25) is 24.0 Å². The van der Waals surface area contributed by atoms with Crippen molar-refractivity contribution in [3.8, 4) is 12.3 Å². The third kappa shape index (κ3) is 1.86. The number of amides is 2. The van der Waals surface area contributed by atoms with Gasteiger partial charge in [-0.2, -0.15) is 0 Å². The van der Waals surface area contributed by atoms with Crippen LogP contribution in [-0.4, -0.2) is 20.9 Å². The molecule has 0 spiro atoms. The third-order valence-electron chi connectivity index (χ3n) is 3.78. The number of terminal acetylenes is 1. The number of fused-ring (bicyclic) bond motifs is 1. The molecule has 1 aromatic carbocycles. The lowest BCUT2D eigenvalue weighted by Gasteiger charge is -2.21. The van der Waals surface area contributed by atoms with E-state index >= 15 is 0 Å². The Kier molecular flexibility index (Phi) is 2.91. The molecular weight excluding hydrogens is 270 g/mol. The molecule has 0 aliphatic carbocycles. The van der Waals surface area contributed by atoms with Crippen LogP contribution in [-0.2, 0) is 16.6 Å². The van der Waals surface area contributed by atoms with E-state index in [1.807, 2.05) is 0 Å². The monoisotopic (exact) mass is 283 g/mol. The van der Waals surface area contributed by atoms with Crippen LogP contribution in [0.2, 0.25) is 0 Å². The van der Waals surface area contributed by atoms with E-state index < -0.39 is 11.9 Å². The fourth-order valence-corrected chi connectivity index (χ4v) is 2.78. The smallest absolute Gasteiger partial charge is 0.295 e. The Balaban J connectivity index is 2.27. The number of para-hydroxylation sites is 1. The van der Waals surface area contributed by atoms with E-state index in [9.17, 15) is 14.4 Å². The van der Waals surface area contributed by atoms with Crippen LogP contribution in [0.4, 0.5) is 0 Å². The Hall–Kier alpha value is -2.81. The summed E-state index contributed by atoms with van der Waals surface area (Å²) < 4.78 is 2.85. The molecule has 2 heterocycles. The number of piperidine rings is 1. The predicted octanol–water partition coefficient (Wildman–Crippen LogP) is 0.299. The molecule has 2 amide bonds. The maximum atomic E-state index is 12.5. The highest BCUT2D eigenvalue weighted by Crippen LogP contribution is 2.24. The van der Waals surface area contributed by atoms with Crippen molar-refractivity contribution in [2.75, 3.05) is 0 Å². The first-order valence-corrected chi connectivity index (χ1v) is 6.55. The Morgan fingerprint density at radius 2 is 2.10 bits per heavy atom. The highest BCUT2D eigenvalue weighted by atomic mass is 16.2. The molecule has 6 nitrogen and oxygen atoms in total. The summed E-state index contributed by atoms with van der Waals surface area (Å²) in [4.78, 5) is 35.8. The predicted molar refractivity (Wildman–Crippen MR) is 76.5 cm³/mol. The molecule has 106 valence electrons. The number of hydrogen-bond acceptors (Lipinski definition) is 3. The number of benzene rings is 1. The SMILES string of the molecule is C#Cc1cccc2c1n(C)c(=O)n2C1CCC(=O)NC1=O. The molecule has 1 aliphatic rings. The number of aromatic nitrogens is 2. The van der Waals surface area contributed by atoms with E-state index in [0.29, 0.717) is 23.0 Å². The number of nitrogens with one attached hydrogen (secondary N) is 1. The van der Waals surface area contributed by atoms with Gasteiger partial charge in [-0.25, -0.2) is 4.79 Å². The van der Waals surface area contributed by atoms with Crippen LogP contribution >= 0.6 is 0 Å². The first-order chi connectivity index (χ1) is 10.0. The molecule has 6 heteroatoms. The first kappa shape index (κ1) is 13.2. The van der Waals surface area contributed by atoms with Gasteiger partial charge in [0.2, 0.25) is 11.8 Å². The Morgan fingerprint density at radius 3 is 2.76 bits per heavy atom. The minimum Gasteiger partial charge on any atom is -0.295 e. The van der Waals surface area contributed by atoms with Crippen molar-refractivity contribution in [3.05, 3.63) is 34.2 Å². The highest BCUT2D eigenvalue weighted by Gasteiger charge is 2.31. The molecule has 0 saturated carbocycles. The van der Waals surface area contributed by atoms with E-state index in [4.69, 9.17) is 6.42 Å². The van der Waals surface area contributed by atoms with Gasteiger partial charge in [-0.1, -0.05) is 12.0 Å². The lowest BCUT2D eigenvalue weighted by atomic mass is 10.1. The second-order valence-corrected chi connectivity index (χ2v) is 5.00. The molecule has 1 fully saturated rings. The lowest BCUT2D eigenvalue weighted by Crippen LogP contribution is -2.44. The van der Waals surface area contributed by atoms with Crippen molar-refractivity contribution < 1.29 is 9.59 Å². The van der Waals surface area contributed by atoms with Gasteiger partial charge < -0.3 is 0 Å². The second-order valence-electron chi connectivity index (χ2n) is 5.00. The molecule has 1 unspecified atom stereocenters. The average Bonchev–Trinajstić information content (AvgIpc) is 2.72. The Bertz CT molecular complexity index is 867. The minimum absolute atomic E-state index is 0.216. The van der Waals surface area contributed by atoms with Gasteiger partial charge in [0.25, 0.3) is 0 Å². The minimum atomic E-state index is -0.688. The van der Waals surface area contributed by atoms with Crippen LogP contribution < -0.4 is 11.0 Å². The molecular formula is C15H13N3O3. The molecule has 0 bridgehead atoms. The summed E-state index contributed by atoms with van der Waals surface area (Å²) in [6.07, 6.45) is 6.00. The quantitative estimate of drug-likeness (QED) is 0.604. The van der Waals surface area contributed by atoms with E-state index in [0.717, 1.165) is 0 Å². The first-order valence-electron chi connectivity index (χ1n) is 6.55. The molecule has 1 aliphatic heterocycles. The van der Waals surface area contributed by atoms with Crippen LogP contribution in [0.25, 0.3) is 11.0 Å². The molecule has 0 radical (unpaired) electrons. The lowest BCUT2D eigenvalue weighted by molar-refractivity contribution is -0.135. The van der Waals surface area contributed by atoms with Crippen molar-refractivity contribution in [3.63, 3.8) is 0 Å². The summed E-state index contributed by atoms with van der Waals surface area (Å²) in [5, 5.41) is 2.27. The van der Waals surface area contributed by atoms with Gasteiger partial charge in [0, 0.05) is 13.5 Å². The standard InChI is InChI=1S/C15H13N3O3/c1-3-9-5-4-6-10-13(9)17(2)15(21)18(10)11-7-8-12(19)16-14(11)20/h1,4-6,11H,7-8H2,2H3,(H,16,19,20). The van der Waals surface area contributed by atoms with Gasteiger partial charge in [-0.15, -0.1) is 6.42 Å². The number of rotatable bonds is 1. The fraction of sp³-hybridized carbons (Fsp3) is 0.267. The molecule has 1 N–H and O–H groups in total. The van der Waals surface area contributed by atoms with Crippen LogP contribution in [0.3, 0.4) is 0 Å². The summed E-state index contributed by atoms with van der Waals surface area (Å²) in [6, 6.07) is 4.56. The zero-order valence-corrected chi connectivity index (χ0v) is 11.4. The van der Waals surface area contributed by atoms with Gasteiger partial charge in [0.1, 0.15) is 6.04 Å². The third-order valence-corrected chi connectivity index (χ3v) is 3.78. The summed E-state index contributed by atoms with van der Waals surface area (Å²) in [6.45, 7) is 0. The second kappa shape index (κ2) is 4.63. The number of imide groups is 1. The molecule has 3 rings (SSSR count). The van der Waals surface area contributed by atoms with Gasteiger partial charge in [0.05, 0.1) is 16.6 Å². The maximum absolute atomic E-state index is 12.5. The van der Waals surface area contributed by atoms with E-state index in [1.54, 1.807) is 25.2 Å². The van der Waals surface area contributed by atoms with Crippen LogP contribution in [0.15, 0.2) is 23.0 Å². The maximum Gasteiger partial charge on any atom is 0.329 e. The van der Waals surface area contributed by atoms with Crippen LogP contribution in [0, 0.1) is 12.3 Å². The molecule has 1 aromatic heterocycles. The molecule has 1 saturated heterocycles. The molecule has 1 atom stereocenters. The summed E-state index contributed by atoms with van der Waals surface area (Å²) >= 11 is 0. The average molecular weight is 283 g/mol. The normalized spacial score (nSPS) is 18.6. The van der Waals surface area contributed by atoms with E-state index in [-0.39, 0.29) is 18.0 Å². The molecule has 21 heavy (non-hydrogen) atoms. The number of imidazole rings is 1. The highest BCUT2D eigenvalue weighted by molar-refractivity contribution is 6.00. The number of hydrogen-bond donors (Lipinski definition) is 1. The Morgan fingerprint density at radius 1 is 1.33 bits per heavy atom. The van der Waals surface area contributed by atoms with Gasteiger partial charge in [0.15, 0.2) is 0 Å². The number of carbonyl (C=O) groups excluding carboxylic acids is 2. The fourth-order valence-electron chi connectivity index (χ4n) is 2.78.